The summed E-state index contributed by atoms with van der Waals surface area (Å²) in [6, 6.07) is 0.150. The van der Waals surface area contributed by atoms with Crippen LogP contribution in [-0.4, -0.2) is 28.7 Å². The summed E-state index contributed by atoms with van der Waals surface area (Å²) in [7, 11) is 0. The maximum absolute atomic E-state index is 12.7. The summed E-state index contributed by atoms with van der Waals surface area (Å²) in [6.07, 6.45) is -3.82. The molecule has 2 rings (SSSR count). The zero-order chi connectivity index (χ0) is 12.0. The van der Waals surface area contributed by atoms with Crippen LogP contribution in [-0.2, 0) is 0 Å². The molecule has 16 heavy (non-hydrogen) atoms. The molecule has 0 aromatic carbocycles. The number of hydrogen-bond acceptors (Lipinski definition) is 3. The van der Waals surface area contributed by atoms with Gasteiger partial charge in [-0.3, -0.25) is 4.99 Å². The summed E-state index contributed by atoms with van der Waals surface area (Å²) >= 11 is 1.40. The molecule has 1 aliphatic carbocycles. The topological polar surface area (TPSA) is 24.4 Å². The van der Waals surface area contributed by atoms with E-state index in [0.717, 1.165) is 5.75 Å². The van der Waals surface area contributed by atoms with Gasteiger partial charge < -0.3 is 5.32 Å². The maximum Gasteiger partial charge on any atom is 0.411 e. The molecule has 6 heteroatoms. The first-order valence-corrected chi connectivity index (χ1v) is 6.38. The molecule has 1 unspecified atom stereocenters. The number of hydrogen-bond donors (Lipinski definition) is 1. The van der Waals surface area contributed by atoms with Gasteiger partial charge in [-0.15, -0.1) is 0 Å². The van der Waals surface area contributed by atoms with Gasteiger partial charge in [-0.1, -0.05) is 25.6 Å². The van der Waals surface area contributed by atoms with Crippen molar-refractivity contribution in [1.29, 1.82) is 0 Å². The fraction of sp³-hybridized carbons (Fsp3) is 0.900. The van der Waals surface area contributed by atoms with E-state index in [1.165, 1.54) is 11.8 Å². The number of aliphatic imine (C=N–C) groups is 1. The molecule has 1 heterocycles. The average Bonchev–Trinajstić information content (AvgIpc) is 2.76. The minimum absolute atomic E-state index is 0.150. The number of nitrogens with zero attached hydrogens (tertiary/aromatic N) is 1. The van der Waals surface area contributed by atoms with Crippen LogP contribution >= 0.6 is 11.8 Å². The molecule has 0 saturated heterocycles. The molecule has 0 aromatic rings. The molecule has 0 radical (unpaired) electrons. The Bertz CT molecular complexity index is 308. The molecule has 1 N–H and O–H groups in total. The van der Waals surface area contributed by atoms with E-state index in [4.69, 9.17) is 0 Å². The van der Waals surface area contributed by atoms with Gasteiger partial charge in [0.2, 0.25) is 0 Å². The van der Waals surface area contributed by atoms with Crippen LogP contribution in [0.25, 0.3) is 0 Å². The van der Waals surface area contributed by atoms with Crippen LogP contribution in [0.2, 0.25) is 0 Å². The second kappa shape index (κ2) is 3.82. The average molecular weight is 252 g/mol. The van der Waals surface area contributed by atoms with Crippen molar-refractivity contribution in [3.63, 3.8) is 0 Å². The van der Waals surface area contributed by atoms with Crippen molar-refractivity contribution in [1.82, 2.24) is 5.32 Å². The lowest BCUT2D eigenvalue weighted by Crippen LogP contribution is -2.46. The van der Waals surface area contributed by atoms with Crippen LogP contribution < -0.4 is 5.32 Å². The Morgan fingerprint density at radius 2 is 2.06 bits per heavy atom. The highest BCUT2D eigenvalue weighted by Gasteiger charge is 2.64. The van der Waals surface area contributed by atoms with Crippen molar-refractivity contribution in [2.75, 3.05) is 5.75 Å². The lowest BCUT2D eigenvalue weighted by Gasteiger charge is -2.21. The monoisotopic (exact) mass is 252 g/mol. The van der Waals surface area contributed by atoms with E-state index in [0.29, 0.717) is 11.1 Å². The van der Waals surface area contributed by atoms with Crippen molar-refractivity contribution in [3.05, 3.63) is 0 Å². The first-order chi connectivity index (χ1) is 7.34. The highest BCUT2D eigenvalue weighted by molar-refractivity contribution is 8.14. The highest BCUT2D eigenvalue weighted by atomic mass is 32.2. The first kappa shape index (κ1) is 12.1. The molecule has 0 bridgehead atoms. The third-order valence-electron chi connectivity index (χ3n) is 3.08. The lowest BCUT2D eigenvalue weighted by molar-refractivity contribution is -0.161. The van der Waals surface area contributed by atoms with Crippen LogP contribution in [0, 0.1) is 5.92 Å². The quantitative estimate of drug-likeness (QED) is 0.817. The first-order valence-electron chi connectivity index (χ1n) is 5.39. The number of halogens is 3. The highest BCUT2D eigenvalue weighted by Crippen LogP contribution is 2.49. The summed E-state index contributed by atoms with van der Waals surface area (Å²) in [4.78, 5) is 4.29. The molecule has 92 valence electrons. The van der Waals surface area contributed by atoms with E-state index in [-0.39, 0.29) is 18.9 Å². The molecule has 0 amide bonds. The largest absolute Gasteiger partial charge is 0.411 e. The van der Waals surface area contributed by atoms with Crippen molar-refractivity contribution >= 4 is 16.9 Å². The third kappa shape index (κ3) is 2.17. The molecule has 1 atom stereocenters. The number of nitrogens with one attached hydrogen (secondary N) is 1. The van der Waals surface area contributed by atoms with Crippen LogP contribution in [0.1, 0.15) is 26.7 Å². The fourth-order valence-electron chi connectivity index (χ4n) is 1.61. The van der Waals surface area contributed by atoms with E-state index in [1.807, 2.05) is 13.8 Å². The summed E-state index contributed by atoms with van der Waals surface area (Å²) in [5, 5.41) is 3.05. The van der Waals surface area contributed by atoms with Gasteiger partial charge in [0.15, 0.2) is 5.17 Å². The molecular formula is C10H15F3N2S. The zero-order valence-corrected chi connectivity index (χ0v) is 10.1. The predicted molar refractivity (Wildman–Crippen MR) is 59.7 cm³/mol. The van der Waals surface area contributed by atoms with E-state index >= 15 is 0 Å². The standard InChI is InChI=1S/C10H15F3N2S/c1-6(2)7-5-16-8(14-7)15-9(3-4-9)10(11,12)13/h6-7H,3-5H2,1-2H3,(H,14,15). The Morgan fingerprint density at radius 1 is 1.44 bits per heavy atom. The van der Waals surface area contributed by atoms with Gasteiger partial charge in [0, 0.05) is 5.75 Å². The van der Waals surface area contributed by atoms with Crippen LogP contribution in [0.4, 0.5) is 13.2 Å². The number of alkyl halides is 3. The molecule has 1 saturated carbocycles. The van der Waals surface area contributed by atoms with Crippen LogP contribution in [0.5, 0.6) is 0 Å². The van der Waals surface area contributed by atoms with Crippen molar-refractivity contribution in [2.24, 2.45) is 10.9 Å². The van der Waals surface area contributed by atoms with Crippen molar-refractivity contribution in [3.8, 4) is 0 Å². The normalized spacial score (nSPS) is 28.1. The van der Waals surface area contributed by atoms with Crippen LogP contribution in [0.15, 0.2) is 4.99 Å². The molecule has 0 spiro atoms. The SMILES string of the molecule is CC(C)C1CSC(NC2(C(F)(F)F)CC2)=N1. The molecular weight excluding hydrogens is 237 g/mol. The second-order valence-corrected chi connectivity index (χ2v) is 5.77. The van der Waals surface area contributed by atoms with Gasteiger partial charge in [-0.25, -0.2) is 0 Å². The Morgan fingerprint density at radius 3 is 2.44 bits per heavy atom. The zero-order valence-electron chi connectivity index (χ0n) is 9.27. The van der Waals surface area contributed by atoms with Gasteiger partial charge in [-0.05, 0) is 18.8 Å². The summed E-state index contributed by atoms with van der Waals surface area (Å²) in [6.45, 7) is 4.07. The Hall–Kier alpha value is -0.390. The van der Waals surface area contributed by atoms with Crippen LogP contribution in [0.3, 0.4) is 0 Å². The van der Waals surface area contributed by atoms with Gasteiger partial charge in [-0.2, -0.15) is 13.2 Å². The molecule has 2 aliphatic rings. The molecule has 1 aliphatic heterocycles. The number of amidine groups is 1. The number of thioether (sulfide) groups is 1. The van der Waals surface area contributed by atoms with E-state index in [9.17, 15) is 13.2 Å². The fourth-order valence-corrected chi connectivity index (χ4v) is 2.87. The van der Waals surface area contributed by atoms with Gasteiger partial charge in [0.05, 0.1) is 6.04 Å². The molecule has 0 aromatic heterocycles. The predicted octanol–water partition coefficient (Wildman–Crippen LogP) is 2.80. The van der Waals surface area contributed by atoms with E-state index in [2.05, 4.69) is 10.3 Å². The Kier molecular flexibility index (Phi) is 2.88. The van der Waals surface area contributed by atoms with Crippen molar-refractivity contribution in [2.45, 2.75) is 44.4 Å². The minimum atomic E-state index is -4.16. The summed E-state index contributed by atoms with van der Waals surface area (Å²) < 4.78 is 38.0. The summed E-state index contributed by atoms with van der Waals surface area (Å²) in [5.74, 6) is 1.17. The van der Waals surface area contributed by atoms with Crippen molar-refractivity contribution < 1.29 is 13.2 Å². The van der Waals surface area contributed by atoms with E-state index < -0.39 is 11.7 Å². The smallest absolute Gasteiger partial charge is 0.351 e. The molecule has 2 nitrogen and oxygen atoms in total. The minimum Gasteiger partial charge on any atom is -0.351 e. The van der Waals surface area contributed by atoms with E-state index in [1.54, 1.807) is 0 Å². The summed E-state index contributed by atoms with van der Waals surface area (Å²) in [5.41, 5.74) is -1.68. The Balaban J connectivity index is 1.99. The lowest BCUT2D eigenvalue weighted by atomic mass is 10.1. The van der Waals surface area contributed by atoms with Gasteiger partial charge in [0.1, 0.15) is 5.54 Å². The molecule has 1 fully saturated rings. The van der Waals surface area contributed by atoms with Gasteiger partial charge >= 0.3 is 6.18 Å². The van der Waals surface area contributed by atoms with Gasteiger partial charge in [0.25, 0.3) is 0 Å². The Labute approximate surface area is 97.1 Å². The maximum atomic E-state index is 12.7. The second-order valence-electron chi connectivity index (χ2n) is 4.76. The number of rotatable bonds is 2. The third-order valence-corrected chi connectivity index (χ3v) is 4.07.